The molecule has 4 aromatic carbocycles. The zero-order valence-corrected chi connectivity index (χ0v) is 31.1. The van der Waals surface area contributed by atoms with Crippen LogP contribution in [0.5, 0.6) is 0 Å². The van der Waals surface area contributed by atoms with Crippen LogP contribution in [0.25, 0.3) is 21.5 Å². The number of aliphatic hydroxyl groups excluding tert-OH is 1. The molecule has 55 heavy (non-hydrogen) atoms. The lowest BCUT2D eigenvalue weighted by atomic mass is 9.87. The van der Waals surface area contributed by atoms with Gasteiger partial charge in [0.15, 0.2) is 0 Å². The van der Waals surface area contributed by atoms with Gasteiger partial charge in [0.05, 0.1) is 30.6 Å². The number of amides is 3. The first kappa shape index (κ1) is 40.6. The Hall–Kier alpha value is -5.63. The van der Waals surface area contributed by atoms with Crippen LogP contribution in [0.4, 0.5) is 0 Å². The zero-order valence-electron chi connectivity index (χ0n) is 31.1. The maximum absolute atomic E-state index is 15.4. The minimum Gasteiger partial charge on any atom is -0.481 e. The van der Waals surface area contributed by atoms with Gasteiger partial charge in [0.25, 0.3) is 0 Å². The normalized spacial score (nSPS) is 13.7. The molecule has 0 spiro atoms. The maximum atomic E-state index is 15.4. The molecular formula is C42H51N7O6. The fourth-order valence-corrected chi connectivity index (χ4v) is 7.15. The van der Waals surface area contributed by atoms with Crippen LogP contribution in [0.2, 0.25) is 0 Å². The van der Waals surface area contributed by atoms with Crippen LogP contribution in [0, 0.1) is 11.8 Å². The Balaban J connectivity index is 1.58. The molecule has 9 N–H and O–H groups in total. The Bertz CT molecular complexity index is 1960. The molecule has 0 saturated heterocycles. The number of nitrogens with zero attached hydrogens (tertiary/aromatic N) is 2. The molecule has 5 aromatic rings. The number of benzene rings is 4. The molecule has 5 rings (SSSR count). The molecular weight excluding hydrogens is 699 g/mol. The Labute approximate surface area is 320 Å². The van der Waals surface area contributed by atoms with Crippen molar-refractivity contribution in [2.75, 3.05) is 26.2 Å². The summed E-state index contributed by atoms with van der Waals surface area (Å²) in [7, 11) is 0. The third-order valence-corrected chi connectivity index (χ3v) is 10.1. The summed E-state index contributed by atoms with van der Waals surface area (Å²) in [6, 6.07) is 25.9. The number of aromatic amines is 1. The summed E-state index contributed by atoms with van der Waals surface area (Å²) in [5.41, 5.74) is 13.8. The number of carbonyl (C=O) groups is 4. The summed E-state index contributed by atoms with van der Waals surface area (Å²) < 4.78 is 0. The van der Waals surface area contributed by atoms with Crippen LogP contribution in [0.15, 0.2) is 97.5 Å². The number of hydrogen-bond acceptors (Lipinski definition) is 8. The van der Waals surface area contributed by atoms with Crippen LogP contribution in [-0.4, -0.2) is 93.1 Å². The number of nitrogens with two attached hydrogens (primary N) is 2. The molecule has 0 aliphatic carbocycles. The number of aliphatic carboxylic acids is 1. The Kier molecular flexibility index (Phi) is 14.5. The number of aromatic nitrogens is 2. The Morgan fingerprint density at radius 2 is 1.45 bits per heavy atom. The summed E-state index contributed by atoms with van der Waals surface area (Å²) >= 11 is 0. The van der Waals surface area contributed by atoms with Gasteiger partial charge >= 0.3 is 5.97 Å². The number of fused-ring (bicyclic) bond motifs is 2. The van der Waals surface area contributed by atoms with Crippen molar-refractivity contribution in [3.8, 4) is 0 Å². The van der Waals surface area contributed by atoms with Gasteiger partial charge in [0, 0.05) is 50.6 Å². The van der Waals surface area contributed by atoms with Crippen molar-refractivity contribution in [3.05, 3.63) is 114 Å². The molecule has 3 amide bonds. The highest BCUT2D eigenvalue weighted by Gasteiger charge is 2.37. The molecule has 0 aliphatic heterocycles. The van der Waals surface area contributed by atoms with Gasteiger partial charge in [0.1, 0.15) is 6.04 Å². The molecule has 0 aliphatic rings. The summed E-state index contributed by atoms with van der Waals surface area (Å²) in [6.45, 7) is 2.86. The number of carboxylic acids is 1. The predicted octanol–water partition coefficient (Wildman–Crippen LogP) is 2.94. The minimum absolute atomic E-state index is 0.0142. The van der Waals surface area contributed by atoms with Gasteiger partial charge in [-0.3, -0.25) is 19.2 Å². The Morgan fingerprint density at radius 3 is 2.00 bits per heavy atom. The van der Waals surface area contributed by atoms with Crippen LogP contribution in [-0.2, 0) is 38.4 Å². The molecule has 0 radical (unpaired) electrons. The van der Waals surface area contributed by atoms with Crippen molar-refractivity contribution in [1.82, 2.24) is 25.5 Å². The quantitative estimate of drug-likeness (QED) is 0.0548. The molecule has 13 nitrogen and oxygen atoms in total. The number of carbonyl (C=O) groups excluding carboxylic acids is 3. The number of hydrogen-bond donors (Lipinski definition) is 7. The van der Waals surface area contributed by atoms with Crippen molar-refractivity contribution in [3.63, 3.8) is 0 Å². The topological polar surface area (TPSA) is 217 Å². The molecule has 0 bridgehead atoms. The number of aliphatic hydroxyl groups is 1. The minimum atomic E-state index is -1.53. The van der Waals surface area contributed by atoms with Crippen LogP contribution in [0.1, 0.15) is 36.6 Å². The molecule has 1 heterocycles. The van der Waals surface area contributed by atoms with Gasteiger partial charge in [-0.15, -0.1) is 0 Å². The van der Waals surface area contributed by atoms with Crippen molar-refractivity contribution in [2.24, 2.45) is 23.3 Å². The van der Waals surface area contributed by atoms with E-state index in [4.69, 9.17) is 11.5 Å². The molecule has 290 valence electrons. The number of primary amides is 1. The fraction of sp³-hybridized carbons (Fsp3) is 0.357. The highest BCUT2D eigenvalue weighted by Crippen LogP contribution is 2.28. The van der Waals surface area contributed by atoms with Gasteiger partial charge in [-0.05, 0) is 51.9 Å². The maximum Gasteiger partial charge on any atom is 0.306 e. The van der Waals surface area contributed by atoms with Gasteiger partial charge < -0.3 is 42.2 Å². The second-order valence-corrected chi connectivity index (χ2v) is 14.1. The molecule has 1 unspecified atom stereocenters. The number of carboxylic acid groups (broad SMARTS) is 1. The molecule has 1 aromatic heterocycles. The van der Waals surface area contributed by atoms with E-state index in [1.54, 1.807) is 18.0 Å². The van der Waals surface area contributed by atoms with E-state index in [1.807, 2.05) is 84.9 Å². The molecule has 13 heteroatoms. The van der Waals surface area contributed by atoms with Crippen molar-refractivity contribution in [1.29, 1.82) is 0 Å². The van der Waals surface area contributed by atoms with Crippen LogP contribution in [0.3, 0.4) is 0 Å². The summed E-state index contributed by atoms with van der Waals surface area (Å²) in [4.78, 5) is 62.5. The van der Waals surface area contributed by atoms with E-state index >= 15 is 4.79 Å². The highest BCUT2D eigenvalue weighted by molar-refractivity contribution is 5.92. The van der Waals surface area contributed by atoms with Crippen LogP contribution >= 0.6 is 0 Å². The fourth-order valence-electron chi connectivity index (χ4n) is 7.15. The van der Waals surface area contributed by atoms with E-state index in [-0.39, 0.29) is 25.3 Å². The third kappa shape index (κ3) is 11.0. The average molecular weight is 750 g/mol. The number of H-pyrrole nitrogens is 1. The predicted molar refractivity (Wildman–Crippen MR) is 212 cm³/mol. The van der Waals surface area contributed by atoms with Gasteiger partial charge in [0.2, 0.25) is 17.7 Å². The van der Waals surface area contributed by atoms with E-state index in [9.17, 15) is 24.6 Å². The van der Waals surface area contributed by atoms with Crippen LogP contribution < -0.4 is 22.1 Å². The number of rotatable bonds is 21. The van der Waals surface area contributed by atoms with Crippen molar-refractivity contribution in [2.45, 2.75) is 57.2 Å². The van der Waals surface area contributed by atoms with E-state index < -0.39 is 54.2 Å². The second-order valence-electron chi connectivity index (χ2n) is 14.1. The van der Waals surface area contributed by atoms with E-state index in [0.717, 1.165) is 32.7 Å². The smallest absolute Gasteiger partial charge is 0.306 e. The lowest BCUT2D eigenvalue weighted by Crippen LogP contribution is -2.57. The van der Waals surface area contributed by atoms with Gasteiger partial charge in [-0.25, -0.2) is 4.98 Å². The second kappa shape index (κ2) is 19.6. The first-order valence-corrected chi connectivity index (χ1v) is 18.7. The first-order chi connectivity index (χ1) is 26.5. The SMILES string of the molecule is CC(C[C@H](NC(=O)[C@H](Cc1c[nH]cn1)N(CCNCCN)C(=O)C(Cc1cccc2ccccc12)Cc1cccc2ccccc12)[C@@H](O)CC(=O)O)C(N)=O. The first-order valence-electron chi connectivity index (χ1n) is 18.7. The summed E-state index contributed by atoms with van der Waals surface area (Å²) in [5.74, 6) is -4.25. The summed E-state index contributed by atoms with van der Waals surface area (Å²) in [5, 5.41) is 30.7. The molecule has 0 saturated carbocycles. The standard InChI is InChI=1S/C42H51N7O6/c1-27(40(44)53)20-36(38(50)24-39(51)52)48-41(54)37(23-33-25-46-26-47-33)49(19-18-45-17-16-43)42(55)32(21-30-12-6-10-28-8-2-4-14-34(28)30)22-31-13-7-11-29-9-3-5-15-35(29)31/h2-15,25-27,32,36-38,45,50H,16-24,43H2,1H3,(H2,44,53)(H,46,47)(H,48,54)(H,51,52)/t27?,36-,37-,38-/m0/s1. The highest BCUT2D eigenvalue weighted by atomic mass is 16.4. The monoisotopic (exact) mass is 749 g/mol. The van der Waals surface area contributed by atoms with Crippen molar-refractivity contribution < 1.29 is 29.4 Å². The van der Waals surface area contributed by atoms with Gasteiger partial charge in [-0.2, -0.15) is 0 Å². The average Bonchev–Trinajstić information content (AvgIpc) is 3.70. The number of imidazole rings is 1. The zero-order chi connectivity index (χ0) is 39.3. The van der Waals surface area contributed by atoms with Crippen molar-refractivity contribution >= 4 is 45.2 Å². The lowest BCUT2D eigenvalue weighted by Gasteiger charge is -2.36. The lowest BCUT2D eigenvalue weighted by molar-refractivity contribution is -0.144. The van der Waals surface area contributed by atoms with E-state index in [1.165, 1.54) is 6.33 Å². The van der Waals surface area contributed by atoms with E-state index in [2.05, 4.69) is 20.6 Å². The summed E-state index contributed by atoms with van der Waals surface area (Å²) in [6.07, 6.45) is 1.58. The third-order valence-electron chi connectivity index (χ3n) is 10.1. The largest absolute Gasteiger partial charge is 0.481 e. The molecule has 4 atom stereocenters. The van der Waals surface area contributed by atoms with E-state index in [0.29, 0.717) is 38.2 Å². The number of nitrogens with one attached hydrogen (secondary N) is 3. The van der Waals surface area contributed by atoms with Gasteiger partial charge in [-0.1, -0.05) is 91.9 Å². The molecule has 0 fully saturated rings. The Morgan fingerprint density at radius 1 is 0.855 bits per heavy atom.